The predicted octanol–water partition coefficient (Wildman–Crippen LogP) is 0.347. The van der Waals surface area contributed by atoms with Crippen molar-refractivity contribution in [3.05, 3.63) is 29.8 Å². The van der Waals surface area contributed by atoms with Gasteiger partial charge in [-0.3, -0.25) is 9.59 Å². The lowest BCUT2D eigenvalue weighted by molar-refractivity contribution is -0.115. The quantitative estimate of drug-likeness (QED) is 0.556. The molecule has 0 unspecified atom stereocenters. The van der Waals surface area contributed by atoms with Crippen LogP contribution >= 0.6 is 0 Å². The number of carbonyl (C=O) groups is 2. The highest BCUT2D eigenvalue weighted by atomic mass is 16.3. The molecule has 0 aliphatic heterocycles. The number of aliphatic hydroxyl groups is 1. The second kappa shape index (κ2) is 7.75. The summed E-state index contributed by atoms with van der Waals surface area (Å²) in [7, 11) is 0. The zero-order valence-electron chi connectivity index (χ0n) is 11.9. The first kappa shape index (κ1) is 15.5. The molecule has 0 aromatic heterocycles. The van der Waals surface area contributed by atoms with Crippen LogP contribution in [0.3, 0.4) is 0 Å². The van der Waals surface area contributed by atoms with E-state index < -0.39 is 0 Å². The molecule has 1 aromatic rings. The molecule has 0 radical (unpaired) electrons. The molecule has 114 valence electrons. The van der Waals surface area contributed by atoms with Gasteiger partial charge in [-0.2, -0.15) is 0 Å². The molecular formula is C15H21N3O3. The summed E-state index contributed by atoms with van der Waals surface area (Å²) in [6.45, 7) is 1.34. The highest BCUT2D eigenvalue weighted by molar-refractivity contribution is 5.96. The molecule has 1 aliphatic carbocycles. The van der Waals surface area contributed by atoms with Crippen molar-refractivity contribution in [3.63, 3.8) is 0 Å². The number of anilines is 1. The van der Waals surface area contributed by atoms with Crippen LogP contribution in [0.2, 0.25) is 0 Å². The van der Waals surface area contributed by atoms with Crippen molar-refractivity contribution >= 4 is 17.5 Å². The van der Waals surface area contributed by atoms with Crippen molar-refractivity contribution in [3.8, 4) is 0 Å². The Bertz CT molecular complexity index is 483. The second-order valence-electron chi connectivity index (χ2n) is 5.18. The number of rotatable bonds is 8. The third-order valence-corrected chi connectivity index (χ3v) is 3.24. The van der Waals surface area contributed by atoms with Gasteiger partial charge in [0.05, 0.1) is 13.2 Å². The Kier molecular flexibility index (Phi) is 5.71. The van der Waals surface area contributed by atoms with Crippen LogP contribution in [0.5, 0.6) is 0 Å². The van der Waals surface area contributed by atoms with Gasteiger partial charge in [-0.15, -0.1) is 0 Å². The van der Waals surface area contributed by atoms with Gasteiger partial charge in [0.25, 0.3) is 5.91 Å². The van der Waals surface area contributed by atoms with E-state index in [1.807, 2.05) is 0 Å². The minimum absolute atomic E-state index is 0.0895. The summed E-state index contributed by atoms with van der Waals surface area (Å²) in [5.41, 5.74) is 1.15. The van der Waals surface area contributed by atoms with Gasteiger partial charge in [-0.05, 0) is 49.6 Å². The van der Waals surface area contributed by atoms with E-state index in [9.17, 15) is 9.59 Å². The first-order valence-corrected chi connectivity index (χ1v) is 7.18. The Morgan fingerprint density at radius 2 is 1.90 bits per heavy atom. The Morgan fingerprint density at radius 1 is 1.19 bits per heavy atom. The van der Waals surface area contributed by atoms with Crippen LogP contribution in [-0.2, 0) is 4.79 Å². The highest BCUT2D eigenvalue weighted by Gasteiger charge is 2.20. The van der Waals surface area contributed by atoms with E-state index in [1.165, 1.54) is 12.8 Å². The third kappa shape index (κ3) is 5.53. The Labute approximate surface area is 123 Å². The molecule has 6 nitrogen and oxygen atoms in total. The molecular weight excluding hydrogens is 270 g/mol. The van der Waals surface area contributed by atoms with Gasteiger partial charge in [-0.1, -0.05) is 0 Å². The van der Waals surface area contributed by atoms with Crippen LogP contribution < -0.4 is 16.0 Å². The molecule has 1 fully saturated rings. The van der Waals surface area contributed by atoms with Crippen molar-refractivity contribution in [2.75, 3.05) is 31.6 Å². The molecule has 6 heteroatoms. The molecule has 1 aliphatic rings. The number of aliphatic hydroxyl groups excluding tert-OH is 1. The molecule has 0 bridgehead atoms. The van der Waals surface area contributed by atoms with Gasteiger partial charge in [0.1, 0.15) is 0 Å². The van der Waals surface area contributed by atoms with E-state index in [4.69, 9.17) is 5.11 Å². The molecule has 0 spiro atoms. The number of carbonyl (C=O) groups excluding carboxylic acids is 2. The fourth-order valence-corrected chi connectivity index (χ4v) is 1.89. The first-order valence-electron chi connectivity index (χ1n) is 7.18. The van der Waals surface area contributed by atoms with Crippen molar-refractivity contribution in [2.24, 2.45) is 5.92 Å². The number of benzene rings is 1. The van der Waals surface area contributed by atoms with E-state index in [-0.39, 0.29) is 25.0 Å². The zero-order chi connectivity index (χ0) is 15.1. The summed E-state index contributed by atoms with van der Waals surface area (Å²) >= 11 is 0. The molecule has 0 saturated heterocycles. The highest BCUT2D eigenvalue weighted by Crippen LogP contribution is 2.27. The second-order valence-corrected chi connectivity index (χ2v) is 5.18. The lowest BCUT2D eigenvalue weighted by Gasteiger charge is -2.07. The first-order chi connectivity index (χ1) is 10.2. The van der Waals surface area contributed by atoms with E-state index in [0.29, 0.717) is 17.8 Å². The minimum atomic E-state index is -0.243. The molecule has 0 heterocycles. The lowest BCUT2D eigenvalue weighted by atomic mass is 10.2. The van der Waals surface area contributed by atoms with Gasteiger partial charge in [0.2, 0.25) is 5.91 Å². The Morgan fingerprint density at radius 3 is 2.52 bits per heavy atom. The number of nitrogens with one attached hydrogen (secondary N) is 3. The number of hydrogen-bond acceptors (Lipinski definition) is 4. The van der Waals surface area contributed by atoms with Gasteiger partial charge < -0.3 is 21.1 Å². The topological polar surface area (TPSA) is 90.5 Å². The van der Waals surface area contributed by atoms with Gasteiger partial charge in [-0.25, -0.2) is 0 Å². The molecule has 1 aromatic carbocycles. The minimum Gasteiger partial charge on any atom is -0.395 e. The van der Waals surface area contributed by atoms with E-state index in [1.54, 1.807) is 24.3 Å². The normalized spacial score (nSPS) is 13.8. The van der Waals surface area contributed by atoms with E-state index >= 15 is 0 Å². The maximum atomic E-state index is 11.7. The van der Waals surface area contributed by atoms with Gasteiger partial charge in [0.15, 0.2) is 0 Å². The summed E-state index contributed by atoms with van der Waals surface area (Å²) in [6, 6.07) is 6.65. The van der Waals surface area contributed by atoms with Crippen molar-refractivity contribution in [1.82, 2.24) is 10.6 Å². The van der Waals surface area contributed by atoms with Crippen LogP contribution in [-0.4, -0.2) is 43.2 Å². The average Bonchev–Trinajstić information content (AvgIpc) is 3.29. The SMILES string of the molecule is O=C(CNCC1CC1)Nc1ccc(C(=O)NCCO)cc1. The van der Waals surface area contributed by atoms with Crippen LogP contribution in [0.4, 0.5) is 5.69 Å². The van der Waals surface area contributed by atoms with Crippen molar-refractivity contribution < 1.29 is 14.7 Å². The maximum absolute atomic E-state index is 11.7. The summed E-state index contributed by atoms with van der Waals surface area (Å²) < 4.78 is 0. The maximum Gasteiger partial charge on any atom is 0.251 e. The third-order valence-electron chi connectivity index (χ3n) is 3.24. The van der Waals surface area contributed by atoms with Crippen molar-refractivity contribution in [1.29, 1.82) is 0 Å². The fourth-order valence-electron chi connectivity index (χ4n) is 1.89. The van der Waals surface area contributed by atoms with Crippen LogP contribution in [0, 0.1) is 5.92 Å². The fraction of sp³-hybridized carbons (Fsp3) is 0.467. The van der Waals surface area contributed by atoms with Gasteiger partial charge >= 0.3 is 0 Å². The summed E-state index contributed by atoms with van der Waals surface area (Å²) in [4.78, 5) is 23.3. The largest absolute Gasteiger partial charge is 0.395 e. The van der Waals surface area contributed by atoms with Crippen LogP contribution in [0.25, 0.3) is 0 Å². The number of hydrogen-bond donors (Lipinski definition) is 4. The smallest absolute Gasteiger partial charge is 0.251 e. The molecule has 2 rings (SSSR count). The summed E-state index contributed by atoms with van der Waals surface area (Å²) in [5.74, 6) is 0.413. The Balaban J connectivity index is 1.75. The molecule has 4 N–H and O–H groups in total. The van der Waals surface area contributed by atoms with Crippen molar-refractivity contribution in [2.45, 2.75) is 12.8 Å². The average molecular weight is 291 g/mol. The molecule has 1 saturated carbocycles. The summed E-state index contributed by atoms with van der Waals surface area (Å²) in [6.07, 6.45) is 2.52. The lowest BCUT2D eigenvalue weighted by Crippen LogP contribution is -2.29. The molecule has 2 amide bonds. The molecule has 21 heavy (non-hydrogen) atoms. The van der Waals surface area contributed by atoms with Gasteiger partial charge in [0, 0.05) is 17.8 Å². The molecule has 0 atom stereocenters. The predicted molar refractivity (Wildman–Crippen MR) is 80.1 cm³/mol. The monoisotopic (exact) mass is 291 g/mol. The van der Waals surface area contributed by atoms with Crippen LogP contribution in [0.15, 0.2) is 24.3 Å². The van der Waals surface area contributed by atoms with Crippen LogP contribution in [0.1, 0.15) is 23.2 Å². The van der Waals surface area contributed by atoms with E-state index in [2.05, 4.69) is 16.0 Å². The van der Waals surface area contributed by atoms with E-state index in [0.717, 1.165) is 12.5 Å². The standard InChI is InChI=1S/C15H21N3O3/c19-8-7-17-15(21)12-3-5-13(6-4-12)18-14(20)10-16-9-11-1-2-11/h3-6,11,16,19H,1-2,7-10H2,(H,17,21)(H,18,20). The zero-order valence-corrected chi connectivity index (χ0v) is 11.9. The Hall–Kier alpha value is -1.92. The summed E-state index contributed by atoms with van der Waals surface area (Å²) in [5, 5.41) is 17.1. The number of amides is 2.